The Bertz CT molecular complexity index is 970. The van der Waals surface area contributed by atoms with Gasteiger partial charge in [-0.15, -0.1) is 0 Å². The average Bonchev–Trinajstić information content (AvgIpc) is 2.73. The Labute approximate surface area is 179 Å². The summed E-state index contributed by atoms with van der Waals surface area (Å²) < 4.78 is 5.28. The fraction of sp³-hybridized carbons (Fsp3) is 0.269. The van der Waals surface area contributed by atoms with Gasteiger partial charge in [0.2, 0.25) is 5.91 Å². The van der Waals surface area contributed by atoms with E-state index in [4.69, 9.17) is 10.5 Å². The molecule has 0 fully saturated rings. The lowest BCUT2D eigenvalue weighted by molar-refractivity contribution is 0.100. The molecule has 0 saturated carbocycles. The van der Waals surface area contributed by atoms with Crippen molar-refractivity contribution in [2.24, 2.45) is 5.73 Å². The van der Waals surface area contributed by atoms with Gasteiger partial charge in [-0.25, -0.2) is 0 Å². The van der Waals surface area contributed by atoms with E-state index in [0.29, 0.717) is 5.56 Å². The molecule has 0 unspecified atom stereocenters. The van der Waals surface area contributed by atoms with Crippen LogP contribution in [0.2, 0.25) is 0 Å². The van der Waals surface area contributed by atoms with Gasteiger partial charge in [0.1, 0.15) is 5.75 Å². The molecule has 4 heteroatoms. The Kier molecular flexibility index (Phi) is 6.46. The minimum atomic E-state index is -0.408. The van der Waals surface area contributed by atoms with Crippen molar-refractivity contribution in [2.45, 2.75) is 39.3 Å². The number of amides is 1. The van der Waals surface area contributed by atoms with Gasteiger partial charge in [-0.05, 0) is 58.5 Å². The Morgan fingerprint density at radius 1 is 0.833 bits per heavy atom. The van der Waals surface area contributed by atoms with E-state index in [1.54, 1.807) is 19.2 Å². The van der Waals surface area contributed by atoms with E-state index in [1.807, 2.05) is 24.3 Å². The number of benzene rings is 3. The van der Waals surface area contributed by atoms with Crippen LogP contribution in [0.4, 0.5) is 5.69 Å². The van der Waals surface area contributed by atoms with Crippen LogP contribution in [0.3, 0.4) is 0 Å². The van der Waals surface area contributed by atoms with E-state index in [9.17, 15) is 4.79 Å². The Morgan fingerprint density at radius 3 is 1.77 bits per heavy atom. The zero-order valence-corrected chi connectivity index (χ0v) is 18.2. The number of carbonyl (C=O) groups excluding carboxylic acids is 1. The van der Waals surface area contributed by atoms with Crippen molar-refractivity contribution in [3.63, 3.8) is 0 Å². The van der Waals surface area contributed by atoms with Gasteiger partial charge in [0, 0.05) is 24.3 Å². The predicted molar refractivity (Wildman–Crippen MR) is 123 cm³/mol. The Balaban J connectivity index is 1.87. The maximum Gasteiger partial charge on any atom is 0.248 e. The molecule has 156 valence electrons. The van der Waals surface area contributed by atoms with Crippen LogP contribution >= 0.6 is 0 Å². The maximum absolute atomic E-state index is 11.4. The summed E-state index contributed by atoms with van der Waals surface area (Å²) in [5.74, 6) is 0.441. The molecule has 0 aliphatic carbocycles. The van der Waals surface area contributed by atoms with Crippen molar-refractivity contribution >= 4 is 11.6 Å². The fourth-order valence-electron chi connectivity index (χ4n) is 3.36. The second kappa shape index (κ2) is 9.04. The quantitative estimate of drug-likeness (QED) is 0.583. The molecule has 0 aliphatic heterocycles. The molecule has 0 saturated heterocycles. The third kappa shape index (κ3) is 5.41. The topological polar surface area (TPSA) is 55.6 Å². The number of hydrogen-bond donors (Lipinski definition) is 1. The van der Waals surface area contributed by atoms with Crippen LogP contribution in [0.5, 0.6) is 5.75 Å². The Hall–Kier alpha value is -3.27. The van der Waals surface area contributed by atoms with Crippen molar-refractivity contribution in [1.29, 1.82) is 0 Å². The number of anilines is 1. The van der Waals surface area contributed by atoms with Gasteiger partial charge in [0.25, 0.3) is 0 Å². The molecule has 3 aromatic rings. The molecule has 4 nitrogen and oxygen atoms in total. The third-order valence-electron chi connectivity index (χ3n) is 5.24. The molecule has 0 aromatic heterocycles. The third-order valence-corrected chi connectivity index (χ3v) is 5.24. The molecule has 0 heterocycles. The number of primary amides is 1. The fourth-order valence-corrected chi connectivity index (χ4v) is 3.36. The molecule has 0 spiro atoms. The van der Waals surface area contributed by atoms with Crippen molar-refractivity contribution in [3.05, 3.63) is 95.1 Å². The van der Waals surface area contributed by atoms with Crippen LogP contribution < -0.4 is 15.4 Å². The highest BCUT2D eigenvalue weighted by Crippen LogP contribution is 2.27. The highest BCUT2D eigenvalue weighted by Gasteiger charge is 2.15. The molecule has 3 aromatic carbocycles. The maximum atomic E-state index is 11.4. The predicted octanol–water partition coefficient (Wildman–Crippen LogP) is 5.30. The van der Waals surface area contributed by atoms with Crippen molar-refractivity contribution < 1.29 is 9.53 Å². The van der Waals surface area contributed by atoms with E-state index in [1.165, 1.54) is 11.1 Å². The van der Waals surface area contributed by atoms with Crippen LogP contribution in [0.25, 0.3) is 0 Å². The number of ether oxygens (including phenoxy) is 1. The van der Waals surface area contributed by atoms with E-state index in [2.05, 4.69) is 62.1 Å². The van der Waals surface area contributed by atoms with E-state index < -0.39 is 5.91 Å². The van der Waals surface area contributed by atoms with E-state index in [0.717, 1.165) is 30.1 Å². The van der Waals surface area contributed by atoms with Gasteiger partial charge < -0.3 is 15.4 Å². The number of rotatable bonds is 7. The van der Waals surface area contributed by atoms with Crippen LogP contribution in [0.1, 0.15) is 47.8 Å². The monoisotopic (exact) mass is 402 g/mol. The first kappa shape index (κ1) is 21.4. The van der Waals surface area contributed by atoms with Gasteiger partial charge in [-0.3, -0.25) is 4.79 Å². The number of hydrogen-bond acceptors (Lipinski definition) is 3. The summed E-state index contributed by atoms with van der Waals surface area (Å²) in [7, 11) is 1.67. The summed E-state index contributed by atoms with van der Waals surface area (Å²) >= 11 is 0. The summed E-state index contributed by atoms with van der Waals surface area (Å²) in [5.41, 5.74) is 10.8. The average molecular weight is 403 g/mol. The SMILES string of the molecule is COc1ccc(CN(Cc2ccc(C(N)=O)cc2)c2ccc(C(C)(C)C)cc2)cc1. The lowest BCUT2D eigenvalue weighted by Crippen LogP contribution is -2.22. The number of nitrogens with zero attached hydrogens (tertiary/aromatic N) is 1. The van der Waals surface area contributed by atoms with Gasteiger partial charge >= 0.3 is 0 Å². The lowest BCUT2D eigenvalue weighted by Gasteiger charge is -2.27. The molecule has 1 amide bonds. The largest absolute Gasteiger partial charge is 0.497 e. The van der Waals surface area contributed by atoms with E-state index >= 15 is 0 Å². The molecule has 2 N–H and O–H groups in total. The number of nitrogens with two attached hydrogens (primary N) is 1. The zero-order valence-electron chi connectivity index (χ0n) is 18.2. The first-order chi connectivity index (χ1) is 14.3. The van der Waals surface area contributed by atoms with Crippen molar-refractivity contribution in [1.82, 2.24) is 0 Å². The second-order valence-corrected chi connectivity index (χ2v) is 8.56. The van der Waals surface area contributed by atoms with Gasteiger partial charge in [0.15, 0.2) is 0 Å². The smallest absolute Gasteiger partial charge is 0.248 e. The Morgan fingerprint density at radius 2 is 1.33 bits per heavy atom. The molecule has 0 bridgehead atoms. The second-order valence-electron chi connectivity index (χ2n) is 8.56. The minimum absolute atomic E-state index is 0.115. The van der Waals surface area contributed by atoms with Crippen LogP contribution in [-0.2, 0) is 18.5 Å². The molecule has 30 heavy (non-hydrogen) atoms. The van der Waals surface area contributed by atoms with Gasteiger partial charge in [-0.2, -0.15) is 0 Å². The van der Waals surface area contributed by atoms with Crippen LogP contribution in [-0.4, -0.2) is 13.0 Å². The van der Waals surface area contributed by atoms with Gasteiger partial charge in [-0.1, -0.05) is 57.2 Å². The molecular formula is C26H30N2O2. The number of methoxy groups -OCH3 is 1. The molecule has 0 radical (unpaired) electrons. The standard InChI is InChI=1S/C26H30N2O2/c1-26(2,3)22-11-13-23(14-12-22)28(18-20-7-15-24(30-4)16-8-20)17-19-5-9-21(10-6-19)25(27)29/h5-16H,17-18H2,1-4H3,(H2,27,29). The minimum Gasteiger partial charge on any atom is -0.497 e. The zero-order chi connectivity index (χ0) is 21.7. The summed E-state index contributed by atoms with van der Waals surface area (Å²) in [6.45, 7) is 8.14. The van der Waals surface area contributed by atoms with Crippen molar-refractivity contribution in [3.8, 4) is 5.75 Å². The van der Waals surface area contributed by atoms with Crippen molar-refractivity contribution in [2.75, 3.05) is 12.0 Å². The molecular weight excluding hydrogens is 372 g/mol. The first-order valence-corrected chi connectivity index (χ1v) is 10.1. The lowest BCUT2D eigenvalue weighted by atomic mass is 9.87. The highest BCUT2D eigenvalue weighted by molar-refractivity contribution is 5.92. The van der Waals surface area contributed by atoms with Crippen LogP contribution in [0.15, 0.2) is 72.8 Å². The molecule has 0 aliphatic rings. The molecule has 0 atom stereocenters. The summed E-state index contributed by atoms with van der Waals surface area (Å²) in [5, 5.41) is 0. The van der Waals surface area contributed by atoms with E-state index in [-0.39, 0.29) is 5.41 Å². The van der Waals surface area contributed by atoms with Crippen LogP contribution in [0, 0.1) is 0 Å². The number of carbonyl (C=O) groups is 1. The van der Waals surface area contributed by atoms with Gasteiger partial charge in [0.05, 0.1) is 7.11 Å². The first-order valence-electron chi connectivity index (χ1n) is 10.1. The highest BCUT2D eigenvalue weighted by atomic mass is 16.5. The molecule has 3 rings (SSSR count). The summed E-state index contributed by atoms with van der Waals surface area (Å²) in [4.78, 5) is 13.7. The summed E-state index contributed by atoms with van der Waals surface area (Å²) in [6.07, 6.45) is 0. The summed E-state index contributed by atoms with van der Waals surface area (Å²) in [6, 6.07) is 24.4. The normalized spacial score (nSPS) is 11.2.